The van der Waals surface area contributed by atoms with E-state index in [0.717, 1.165) is 27.8 Å². The van der Waals surface area contributed by atoms with Gasteiger partial charge in [-0.1, -0.05) is 42.5 Å². The third-order valence-electron chi connectivity index (χ3n) is 6.23. The van der Waals surface area contributed by atoms with Crippen LogP contribution in [0.25, 0.3) is 22.2 Å². The molecule has 3 aromatic carbocycles. The minimum Gasteiger partial charge on any atom is -0.481 e. The highest BCUT2D eigenvalue weighted by Crippen LogP contribution is 2.35. The summed E-state index contributed by atoms with van der Waals surface area (Å²) in [6, 6.07) is 19.1. The van der Waals surface area contributed by atoms with Crippen molar-refractivity contribution in [2.24, 2.45) is 5.10 Å². The summed E-state index contributed by atoms with van der Waals surface area (Å²) < 4.78 is 29.2. The molecule has 0 aliphatic carbocycles. The molecule has 0 saturated heterocycles. The van der Waals surface area contributed by atoms with E-state index in [4.69, 9.17) is 5.11 Å². The lowest BCUT2D eigenvalue weighted by atomic mass is 9.96. The molecule has 1 atom stereocenters. The Morgan fingerprint density at radius 1 is 0.895 bits per heavy atom. The van der Waals surface area contributed by atoms with Crippen LogP contribution >= 0.6 is 0 Å². The minimum atomic E-state index is -2.88. The van der Waals surface area contributed by atoms with Crippen molar-refractivity contribution in [2.75, 3.05) is 0 Å². The second-order valence-electron chi connectivity index (χ2n) is 8.68. The Bertz CT molecular complexity index is 1510. The summed E-state index contributed by atoms with van der Waals surface area (Å²) in [6.45, 7) is -2.88. The van der Waals surface area contributed by atoms with Crippen LogP contribution in [0.2, 0.25) is 0 Å². The Morgan fingerprint density at radius 2 is 1.53 bits per heavy atom. The first-order valence-electron chi connectivity index (χ1n) is 11.8. The van der Waals surface area contributed by atoms with Crippen molar-refractivity contribution < 1.29 is 28.2 Å². The number of ether oxygens (including phenoxy) is 1. The lowest BCUT2D eigenvalue weighted by Gasteiger charge is -2.22. The van der Waals surface area contributed by atoms with E-state index in [1.165, 1.54) is 17.1 Å². The van der Waals surface area contributed by atoms with Gasteiger partial charge >= 0.3 is 12.6 Å². The van der Waals surface area contributed by atoms with Gasteiger partial charge in [0.2, 0.25) is 5.91 Å². The molecule has 4 aromatic rings. The van der Waals surface area contributed by atoms with Gasteiger partial charge < -0.3 is 9.84 Å². The van der Waals surface area contributed by atoms with E-state index in [-0.39, 0.29) is 24.5 Å². The SMILES string of the molecule is O=C(O)CCC(=O)N1N=C(c2ccc(-c3ccc(OC(F)F)cc3)cc2)CC1c1ccc2nccnc2c1. The zero-order valence-electron chi connectivity index (χ0n) is 20.0. The largest absolute Gasteiger partial charge is 0.481 e. The van der Waals surface area contributed by atoms with Gasteiger partial charge in [0.1, 0.15) is 5.75 Å². The van der Waals surface area contributed by atoms with Crippen molar-refractivity contribution in [3.05, 3.63) is 90.3 Å². The number of hydrogen-bond acceptors (Lipinski definition) is 6. The number of nitrogens with zero attached hydrogens (tertiary/aromatic N) is 4. The summed E-state index contributed by atoms with van der Waals surface area (Å²) in [4.78, 5) is 32.7. The molecule has 1 N–H and O–H groups in total. The van der Waals surface area contributed by atoms with E-state index in [2.05, 4.69) is 19.8 Å². The van der Waals surface area contributed by atoms with Crippen molar-refractivity contribution in [3.8, 4) is 16.9 Å². The number of hydrogen-bond donors (Lipinski definition) is 1. The van der Waals surface area contributed by atoms with Crippen LogP contribution in [0.15, 0.2) is 84.2 Å². The van der Waals surface area contributed by atoms with Crippen LogP contribution in [0.5, 0.6) is 5.75 Å². The number of aliphatic carboxylic acids is 1. The normalized spacial score (nSPS) is 15.1. The fourth-order valence-electron chi connectivity index (χ4n) is 4.37. The number of carbonyl (C=O) groups excluding carboxylic acids is 1. The summed E-state index contributed by atoms with van der Waals surface area (Å²) in [6.07, 6.45) is 3.19. The molecule has 1 amide bonds. The van der Waals surface area contributed by atoms with Crippen LogP contribution in [-0.4, -0.2) is 44.3 Å². The zero-order chi connectivity index (χ0) is 26.6. The van der Waals surface area contributed by atoms with Gasteiger partial charge in [0, 0.05) is 25.2 Å². The molecule has 5 rings (SSSR count). The van der Waals surface area contributed by atoms with Crippen LogP contribution in [0, 0.1) is 0 Å². The zero-order valence-corrected chi connectivity index (χ0v) is 20.0. The predicted molar refractivity (Wildman–Crippen MR) is 136 cm³/mol. The molecule has 8 nitrogen and oxygen atoms in total. The molecule has 1 aromatic heterocycles. The number of carboxylic acids is 1. The average Bonchev–Trinajstić information content (AvgIpc) is 3.37. The second kappa shape index (κ2) is 10.7. The molecular weight excluding hydrogens is 494 g/mol. The third kappa shape index (κ3) is 5.49. The molecule has 0 fully saturated rings. The van der Waals surface area contributed by atoms with Gasteiger partial charge in [0.15, 0.2) is 0 Å². The van der Waals surface area contributed by atoms with Crippen molar-refractivity contribution in [1.29, 1.82) is 0 Å². The van der Waals surface area contributed by atoms with Crippen molar-refractivity contribution in [2.45, 2.75) is 31.9 Å². The van der Waals surface area contributed by atoms with E-state index in [9.17, 15) is 18.4 Å². The molecule has 1 aliphatic rings. The number of fused-ring (bicyclic) bond motifs is 1. The molecule has 1 unspecified atom stereocenters. The molecule has 2 heterocycles. The third-order valence-corrected chi connectivity index (χ3v) is 6.23. The fourth-order valence-corrected chi connectivity index (χ4v) is 4.37. The summed E-state index contributed by atoms with van der Waals surface area (Å²) in [7, 11) is 0. The van der Waals surface area contributed by atoms with E-state index in [1.54, 1.807) is 24.5 Å². The molecule has 192 valence electrons. The minimum absolute atomic E-state index is 0.0825. The lowest BCUT2D eigenvalue weighted by Crippen LogP contribution is -2.27. The van der Waals surface area contributed by atoms with Crippen LogP contribution in [0.4, 0.5) is 8.78 Å². The first kappa shape index (κ1) is 24.9. The number of carbonyl (C=O) groups is 2. The van der Waals surface area contributed by atoms with E-state index >= 15 is 0 Å². The molecule has 38 heavy (non-hydrogen) atoms. The van der Waals surface area contributed by atoms with Gasteiger partial charge in [0.25, 0.3) is 0 Å². The van der Waals surface area contributed by atoms with Crippen LogP contribution in [0.1, 0.15) is 36.4 Å². The summed E-state index contributed by atoms with van der Waals surface area (Å²) in [5, 5.41) is 15.0. The number of halogens is 2. The van der Waals surface area contributed by atoms with E-state index < -0.39 is 18.6 Å². The van der Waals surface area contributed by atoms with Gasteiger partial charge in [-0.05, 0) is 46.5 Å². The lowest BCUT2D eigenvalue weighted by molar-refractivity contribution is -0.141. The van der Waals surface area contributed by atoms with E-state index in [0.29, 0.717) is 17.6 Å². The molecule has 10 heteroatoms. The molecule has 0 saturated carbocycles. The number of amides is 1. The van der Waals surface area contributed by atoms with Gasteiger partial charge in [-0.2, -0.15) is 13.9 Å². The summed E-state index contributed by atoms with van der Waals surface area (Å²) in [5.74, 6) is -1.35. The number of hydrazone groups is 1. The number of carboxylic acid groups (broad SMARTS) is 1. The number of rotatable bonds is 8. The van der Waals surface area contributed by atoms with E-state index in [1.807, 2.05) is 42.5 Å². The van der Waals surface area contributed by atoms with Crippen LogP contribution < -0.4 is 4.74 Å². The van der Waals surface area contributed by atoms with Gasteiger partial charge in [-0.25, -0.2) is 5.01 Å². The van der Waals surface area contributed by atoms with Gasteiger partial charge in [-0.15, -0.1) is 0 Å². The standard InChI is InChI=1S/C28H22F2N4O4/c29-28(30)38-21-8-5-18(6-9-21)17-1-3-19(4-2-17)23-16-25(34(33-23)26(35)11-12-27(36)37)20-7-10-22-24(15-20)32-14-13-31-22/h1-10,13-15,25,28H,11-12,16H2,(H,36,37). The van der Waals surface area contributed by atoms with Crippen LogP contribution in [-0.2, 0) is 9.59 Å². The van der Waals surface area contributed by atoms with Gasteiger partial charge in [-0.3, -0.25) is 19.6 Å². The maximum Gasteiger partial charge on any atom is 0.387 e. The smallest absolute Gasteiger partial charge is 0.387 e. The Kier molecular flexibility index (Phi) is 7.03. The first-order chi connectivity index (χ1) is 18.4. The molecule has 1 aliphatic heterocycles. The molecule has 0 spiro atoms. The monoisotopic (exact) mass is 516 g/mol. The maximum absolute atomic E-state index is 13.0. The molecule has 0 bridgehead atoms. The Morgan fingerprint density at radius 3 is 2.18 bits per heavy atom. The Hall–Kier alpha value is -4.73. The maximum atomic E-state index is 13.0. The van der Waals surface area contributed by atoms with Crippen molar-refractivity contribution in [3.63, 3.8) is 0 Å². The second-order valence-corrected chi connectivity index (χ2v) is 8.68. The highest BCUT2D eigenvalue weighted by Gasteiger charge is 2.33. The summed E-state index contributed by atoms with van der Waals surface area (Å²) in [5.41, 5.74) is 5.43. The first-order valence-corrected chi connectivity index (χ1v) is 11.8. The number of aromatic nitrogens is 2. The van der Waals surface area contributed by atoms with Crippen molar-refractivity contribution >= 4 is 28.6 Å². The van der Waals surface area contributed by atoms with Crippen LogP contribution in [0.3, 0.4) is 0 Å². The van der Waals surface area contributed by atoms with Gasteiger partial charge in [0.05, 0.1) is 29.2 Å². The molecular formula is C28H22F2N4O4. The number of benzene rings is 3. The fraction of sp³-hybridized carbons (Fsp3) is 0.179. The average molecular weight is 517 g/mol. The predicted octanol–water partition coefficient (Wildman–Crippen LogP) is 5.44. The topological polar surface area (TPSA) is 105 Å². The Labute approximate surface area is 216 Å². The number of alkyl halides is 2. The highest BCUT2D eigenvalue weighted by molar-refractivity contribution is 6.03. The molecule has 0 radical (unpaired) electrons. The quantitative estimate of drug-likeness (QED) is 0.334. The Balaban J connectivity index is 1.40. The summed E-state index contributed by atoms with van der Waals surface area (Å²) >= 11 is 0. The highest BCUT2D eigenvalue weighted by atomic mass is 19.3. The van der Waals surface area contributed by atoms with Crippen molar-refractivity contribution in [1.82, 2.24) is 15.0 Å².